The van der Waals surface area contributed by atoms with E-state index in [0.717, 1.165) is 0 Å². The van der Waals surface area contributed by atoms with Crippen LogP contribution in [0.1, 0.15) is 13.3 Å². The third-order valence-electron chi connectivity index (χ3n) is 2.28. The van der Waals surface area contributed by atoms with Gasteiger partial charge in [-0.05, 0) is 6.42 Å². The highest BCUT2D eigenvalue weighted by Crippen LogP contribution is 2.21. The summed E-state index contributed by atoms with van der Waals surface area (Å²) in [5.41, 5.74) is 9.14. The second kappa shape index (κ2) is 3.04. The van der Waals surface area contributed by atoms with E-state index in [1.54, 1.807) is 6.92 Å². The molecule has 1 rings (SSSR count). The first-order chi connectivity index (χ1) is 6.04. The number of rotatable bonds is 3. The Labute approximate surface area is 75.4 Å². The van der Waals surface area contributed by atoms with Gasteiger partial charge in [0.1, 0.15) is 5.54 Å². The molecule has 0 saturated carbocycles. The van der Waals surface area contributed by atoms with Crippen LogP contribution in [0.25, 0.3) is 0 Å². The zero-order valence-electron chi connectivity index (χ0n) is 7.28. The molecule has 0 aromatic rings. The van der Waals surface area contributed by atoms with E-state index in [-0.39, 0.29) is 0 Å². The SMILES string of the molecule is CCC1(C(N)=O)NC=NC1C(N)=O. The van der Waals surface area contributed by atoms with E-state index in [9.17, 15) is 9.59 Å². The van der Waals surface area contributed by atoms with Gasteiger partial charge in [0.25, 0.3) is 0 Å². The predicted molar refractivity (Wildman–Crippen MR) is 46.8 cm³/mol. The van der Waals surface area contributed by atoms with E-state index in [0.29, 0.717) is 6.42 Å². The molecule has 5 N–H and O–H groups in total. The number of carbonyl (C=O) groups excluding carboxylic acids is 2. The van der Waals surface area contributed by atoms with Crippen molar-refractivity contribution in [3.05, 3.63) is 0 Å². The van der Waals surface area contributed by atoms with E-state index in [1.807, 2.05) is 0 Å². The summed E-state index contributed by atoms with van der Waals surface area (Å²) in [6, 6.07) is -0.894. The number of aliphatic imine (C=N–C) groups is 1. The van der Waals surface area contributed by atoms with Crippen molar-refractivity contribution < 1.29 is 9.59 Å². The average molecular weight is 184 g/mol. The fourth-order valence-corrected chi connectivity index (χ4v) is 1.42. The number of carbonyl (C=O) groups is 2. The zero-order valence-corrected chi connectivity index (χ0v) is 7.28. The largest absolute Gasteiger partial charge is 0.368 e. The van der Waals surface area contributed by atoms with E-state index in [1.165, 1.54) is 6.34 Å². The van der Waals surface area contributed by atoms with Crippen molar-refractivity contribution in [2.24, 2.45) is 16.5 Å². The lowest BCUT2D eigenvalue weighted by Crippen LogP contribution is -2.61. The summed E-state index contributed by atoms with van der Waals surface area (Å²) in [7, 11) is 0. The number of nitrogens with zero attached hydrogens (tertiary/aromatic N) is 1. The summed E-state index contributed by atoms with van der Waals surface area (Å²) < 4.78 is 0. The van der Waals surface area contributed by atoms with Gasteiger partial charge in [-0.25, -0.2) is 0 Å². The third kappa shape index (κ3) is 1.24. The van der Waals surface area contributed by atoms with Crippen molar-refractivity contribution in [2.45, 2.75) is 24.9 Å². The molecule has 6 heteroatoms. The first-order valence-electron chi connectivity index (χ1n) is 3.93. The van der Waals surface area contributed by atoms with Gasteiger partial charge >= 0.3 is 0 Å². The highest BCUT2D eigenvalue weighted by Gasteiger charge is 2.48. The van der Waals surface area contributed by atoms with Gasteiger partial charge in [-0.3, -0.25) is 14.6 Å². The maximum Gasteiger partial charge on any atom is 0.245 e. The van der Waals surface area contributed by atoms with E-state index < -0.39 is 23.4 Å². The molecule has 0 aliphatic carbocycles. The lowest BCUT2D eigenvalue weighted by Gasteiger charge is -2.28. The van der Waals surface area contributed by atoms with Gasteiger partial charge in [0, 0.05) is 0 Å². The molecule has 0 fully saturated rings. The minimum absolute atomic E-state index is 0.371. The molecule has 2 amide bonds. The number of nitrogens with two attached hydrogens (primary N) is 2. The van der Waals surface area contributed by atoms with E-state index in [2.05, 4.69) is 10.3 Å². The Morgan fingerprint density at radius 3 is 2.54 bits per heavy atom. The molecule has 1 aliphatic rings. The van der Waals surface area contributed by atoms with Crippen molar-refractivity contribution in [3.63, 3.8) is 0 Å². The van der Waals surface area contributed by atoms with Gasteiger partial charge < -0.3 is 16.8 Å². The highest BCUT2D eigenvalue weighted by atomic mass is 16.2. The molecule has 0 spiro atoms. The number of hydrogen-bond acceptors (Lipinski definition) is 4. The van der Waals surface area contributed by atoms with Crippen LogP contribution in [0.5, 0.6) is 0 Å². The fourth-order valence-electron chi connectivity index (χ4n) is 1.42. The third-order valence-corrected chi connectivity index (χ3v) is 2.28. The molecule has 0 bridgehead atoms. The lowest BCUT2D eigenvalue weighted by atomic mass is 9.87. The Balaban J connectivity index is 3.01. The molecule has 72 valence electrons. The minimum Gasteiger partial charge on any atom is -0.368 e. The molecular weight excluding hydrogens is 172 g/mol. The second-order valence-electron chi connectivity index (χ2n) is 2.92. The lowest BCUT2D eigenvalue weighted by molar-refractivity contribution is -0.129. The van der Waals surface area contributed by atoms with Gasteiger partial charge in [0.15, 0.2) is 6.04 Å². The molecule has 0 radical (unpaired) electrons. The first kappa shape index (κ1) is 9.50. The molecule has 1 heterocycles. The molecule has 1 aliphatic heterocycles. The minimum atomic E-state index is -1.13. The highest BCUT2D eigenvalue weighted by molar-refractivity contribution is 5.98. The van der Waals surface area contributed by atoms with Crippen molar-refractivity contribution in [1.82, 2.24) is 5.32 Å². The van der Waals surface area contributed by atoms with Gasteiger partial charge in [-0.15, -0.1) is 0 Å². The number of hydrogen-bond donors (Lipinski definition) is 3. The predicted octanol–water partition coefficient (Wildman–Crippen LogP) is -1.89. The van der Waals surface area contributed by atoms with Gasteiger partial charge in [0.05, 0.1) is 6.34 Å². The van der Waals surface area contributed by atoms with E-state index >= 15 is 0 Å². The van der Waals surface area contributed by atoms with Crippen molar-refractivity contribution in [2.75, 3.05) is 0 Å². The number of primary amides is 2. The summed E-state index contributed by atoms with van der Waals surface area (Å²) in [6.07, 6.45) is 1.67. The topological polar surface area (TPSA) is 111 Å². The maximum absolute atomic E-state index is 11.1. The summed E-state index contributed by atoms with van der Waals surface area (Å²) in [5.74, 6) is -1.27. The molecule has 2 unspecified atom stereocenters. The van der Waals surface area contributed by atoms with Crippen molar-refractivity contribution >= 4 is 18.2 Å². The average Bonchev–Trinajstić information content (AvgIpc) is 2.48. The molecule has 13 heavy (non-hydrogen) atoms. The second-order valence-corrected chi connectivity index (χ2v) is 2.92. The first-order valence-corrected chi connectivity index (χ1v) is 3.93. The molecular formula is C7H12N4O2. The Morgan fingerprint density at radius 2 is 2.23 bits per heavy atom. The summed E-state index contributed by atoms with van der Waals surface area (Å²) in [4.78, 5) is 25.9. The summed E-state index contributed by atoms with van der Waals surface area (Å²) >= 11 is 0. The molecule has 0 aromatic carbocycles. The van der Waals surface area contributed by atoms with Crippen LogP contribution >= 0.6 is 0 Å². The summed E-state index contributed by atoms with van der Waals surface area (Å²) in [6.45, 7) is 1.74. The van der Waals surface area contributed by atoms with Crippen LogP contribution in [-0.4, -0.2) is 29.7 Å². The van der Waals surface area contributed by atoms with Crippen LogP contribution in [0.2, 0.25) is 0 Å². The van der Waals surface area contributed by atoms with Gasteiger partial charge in [-0.1, -0.05) is 6.92 Å². The molecule has 2 atom stereocenters. The monoisotopic (exact) mass is 184 g/mol. The zero-order chi connectivity index (χ0) is 10.1. The summed E-state index contributed by atoms with van der Waals surface area (Å²) in [5, 5.41) is 2.68. The van der Waals surface area contributed by atoms with Crippen molar-refractivity contribution in [1.29, 1.82) is 0 Å². The smallest absolute Gasteiger partial charge is 0.245 e. The maximum atomic E-state index is 11.1. The van der Waals surface area contributed by atoms with Crippen LogP contribution in [-0.2, 0) is 9.59 Å². The number of nitrogens with one attached hydrogen (secondary N) is 1. The Hall–Kier alpha value is -1.59. The van der Waals surface area contributed by atoms with Crippen LogP contribution in [0.15, 0.2) is 4.99 Å². The Morgan fingerprint density at radius 1 is 1.62 bits per heavy atom. The molecule has 0 saturated heterocycles. The standard InChI is InChI=1S/C7H12N4O2/c1-2-7(6(9)13)4(5(8)12)10-3-11-7/h3-4H,2H2,1H3,(H2,8,12)(H2,9,13)(H,10,11). The number of amides is 2. The van der Waals surface area contributed by atoms with E-state index in [4.69, 9.17) is 11.5 Å². The quantitative estimate of drug-likeness (QED) is 0.476. The molecule has 6 nitrogen and oxygen atoms in total. The van der Waals surface area contributed by atoms with Gasteiger partial charge in [-0.2, -0.15) is 0 Å². The Kier molecular flexibility index (Phi) is 2.22. The van der Waals surface area contributed by atoms with Crippen LogP contribution < -0.4 is 16.8 Å². The van der Waals surface area contributed by atoms with Crippen LogP contribution in [0, 0.1) is 0 Å². The molecule has 0 aromatic heterocycles. The van der Waals surface area contributed by atoms with Crippen LogP contribution in [0.4, 0.5) is 0 Å². The van der Waals surface area contributed by atoms with Gasteiger partial charge in [0.2, 0.25) is 11.8 Å². The van der Waals surface area contributed by atoms with Crippen molar-refractivity contribution in [3.8, 4) is 0 Å². The fraction of sp³-hybridized carbons (Fsp3) is 0.571. The Bertz CT molecular complexity index is 276. The normalized spacial score (nSPS) is 31.3. The van der Waals surface area contributed by atoms with Crippen LogP contribution in [0.3, 0.4) is 0 Å².